The summed E-state index contributed by atoms with van der Waals surface area (Å²) in [7, 11) is 0. The second-order valence-corrected chi connectivity index (χ2v) is 3.87. The van der Waals surface area contributed by atoms with E-state index in [0.717, 1.165) is 25.9 Å². The minimum atomic E-state index is 0.275. The molecule has 4 heteroatoms. The van der Waals surface area contributed by atoms with E-state index in [-0.39, 0.29) is 5.91 Å². The van der Waals surface area contributed by atoms with Crippen LogP contribution in [0.4, 0.5) is 0 Å². The first-order chi connectivity index (χ1) is 6.84. The van der Waals surface area contributed by atoms with Crippen molar-refractivity contribution < 1.29 is 9.53 Å². The molecule has 0 N–H and O–H groups in total. The quantitative estimate of drug-likeness (QED) is 0.520. The van der Waals surface area contributed by atoms with E-state index in [2.05, 4.69) is 0 Å². The molecule has 0 bridgehead atoms. The molecule has 1 heterocycles. The molecule has 82 valence electrons. The Labute approximate surface area is 90.4 Å². The summed E-state index contributed by atoms with van der Waals surface area (Å²) in [5.74, 6) is 0.797. The van der Waals surface area contributed by atoms with Crippen molar-refractivity contribution in [3.63, 3.8) is 0 Å². The van der Waals surface area contributed by atoms with Crippen molar-refractivity contribution in [2.75, 3.05) is 32.2 Å². The number of ether oxygens (including phenoxy) is 1. The van der Waals surface area contributed by atoms with Gasteiger partial charge in [0.25, 0.3) is 0 Å². The largest absolute Gasteiger partial charge is 0.378 e. The molecule has 1 rings (SSSR count). The highest BCUT2D eigenvalue weighted by Crippen LogP contribution is 2.10. The fraction of sp³-hybridized carbons (Fsp3) is 0.900. The lowest BCUT2D eigenvalue weighted by atomic mass is 10.2. The third-order valence-corrected chi connectivity index (χ3v) is 2.55. The first-order valence-corrected chi connectivity index (χ1v) is 5.79. The minimum absolute atomic E-state index is 0.275. The van der Waals surface area contributed by atoms with Crippen LogP contribution < -0.4 is 0 Å². The van der Waals surface area contributed by atoms with Crippen LogP contribution in [-0.2, 0) is 9.53 Å². The highest BCUT2D eigenvalue weighted by molar-refractivity contribution is 6.17. The van der Waals surface area contributed by atoms with Gasteiger partial charge in [0.2, 0.25) is 5.91 Å². The molecule has 1 saturated heterocycles. The number of hydrogen-bond acceptors (Lipinski definition) is 2. The highest BCUT2D eigenvalue weighted by atomic mass is 35.5. The van der Waals surface area contributed by atoms with Gasteiger partial charge in [-0.1, -0.05) is 6.42 Å². The van der Waals surface area contributed by atoms with Gasteiger partial charge in [0.1, 0.15) is 0 Å². The average molecular weight is 220 g/mol. The van der Waals surface area contributed by atoms with E-state index in [1.165, 1.54) is 6.42 Å². The molecule has 0 radical (unpaired) electrons. The Bertz CT molecular complexity index is 176. The summed E-state index contributed by atoms with van der Waals surface area (Å²) in [6.07, 6.45) is 4.04. The Hall–Kier alpha value is -0.280. The number of alkyl halides is 1. The SMILES string of the molecule is O=C1CCCCCN1CCOCCCl. The van der Waals surface area contributed by atoms with Crippen LogP contribution in [0.25, 0.3) is 0 Å². The zero-order valence-corrected chi connectivity index (χ0v) is 9.26. The maximum atomic E-state index is 11.5. The van der Waals surface area contributed by atoms with Crippen molar-refractivity contribution in [2.24, 2.45) is 0 Å². The van der Waals surface area contributed by atoms with Crippen LogP contribution in [0.15, 0.2) is 0 Å². The van der Waals surface area contributed by atoms with Crippen molar-refractivity contribution in [2.45, 2.75) is 25.7 Å². The van der Waals surface area contributed by atoms with Crippen molar-refractivity contribution in [3.05, 3.63) is 0 Å². The predicted octanol–water partition coefficient (Wildman–Crippen LogP) is 1.64. The molecule has 0 aromatic carbocycles. The summed E-state index contributed by atoms with van der Waals surface area (Å²) in [5, 5.41) is 0. The molecule has 1 amide bonds. The van der Waals surface area contributed by atoms with Crippen LogP contribution in [0.2, 0.25) is 0 Å². The summed E-state index contributed by atoms with van der Waals surface area (Å²) >= 11 is 5.47. The van der Waals surface area contributed by atoms with Gasteiger partial charge < -0.3 is 9.64 Å². The Morgan fingerprint density at radius 1 is 1.29 bits per heavy atom. The molecule has 0 spiro atoms. The maximum Gasteiger partial charge on any atom is 0.222 e. The Morgan fingerprint density at radius 2 is 2.14 bits per heavy atom. The van der Waals surface area contributed by atoms with Gasteiger partial charge in [0.15, 0.2) is 0 Å². The molecular formula is C10H18ClNO2. The van der Waals surface area contributed by atoms with Crippen LogP contribution in [0, 0.1) is 0 Å². The van der Waals surface area contributed by atoms with E-state index in [4.69, 9.17) is 16.3 Å². The van der Waals surface area contributed by atoms with Crippen LogP contribution in [0.5, 0.6) is 0 Å². The van der Waals surface area contributed by atoms with Gasteiger partial charge in [0.05, 0.1) is 13.2 Å². The number of carbonyl (C=O) groups is 1. The first-order valence-electron chi connectivity index (χ1n) is 5.26. The fourth-order valence-corrected chi connectivity index (χ4v) is 1.72. The Balaban J connectivity index is 2.16. The van der Waals surface area contributed by atoms with Crippen LogP contribution in [-0.4, -0.2) is 43.0 Å². The molecular weight excluding hydrogens is 202 g/mol. The predicted molar refractivity (Wildman–Crippen MR) is 56.6 cm³/mol. The minimum Gasteiger partial charge on any atom is -0.378 e. The van der Waals surface area contributed by atoms with E-state index in [0.29, 0.717) is 25.5 Å². The van der Waals surface area contributed by atoms with Crippen molar-refractivity contribution in [1.82, 2.24) is 4.90 Å². The molecule has 0 aromatic rings. The number of likely N-dealkylation sites (tertiary alicyclic amines) is 1. The monoisotopic (exact) mass is 219 g/mol. The smallest absolute Gasteiger partial charge is 0.222 e. The number of nitrogens with zero attached hydrogens (tertiary/aromatic N) is 1. The Kier molecular flexibility index (Phi) is 5.96. The lowest BCUT2D eigenvalue weighted by molar-refractivity contribution is -0.131. The van der Waals surface area contributed by atoms with Crippen molar-refractivity contribution in [1.29, 1.82) is 0 Å². The first kappa shape index (κ1) is 11.8. The number of halogens is 1. The summed E-state index contributed by atoms with van der Waals surface area (Å²) in [6.45, 7) is 2.79. The molecule has 0 aromatic heterocycles. The normalized spacial score (nSPS) is 18.4. The molecule has 1 fully saturated rings. The maximum absolute atomic E-state index is 11.5. The van der Waals surface area contributed by atoms with Crippen LogP contribution in [0.3, 0.4) is 0 Å². The molecule has 3 nitrogen and oxygen atoms in total. The summed E-state index contributed by atoms with van der Waals surface area (Å²) in [5.41, 5.74) is 0. The van der Waals surface area contributed by atoms with Crippen molar-refractivity contribution in [3.8, 4) is 0 Å². The van der Waals surface area contributed by atoms with Gasteiger partial charge in [-0.25, -0.2) is 0 Å². The van der Waals surface area contributed by atoms with Gasteiger partial charge in [-0.3, -0.25) is 4.79 Å². The number of amides is 1. The number of carbonyl (C=O) groups excluding carboxylic acids is 1. The molecule has 0 atom stereocenters. The van der Waals surface area contributed by atoms with Crippen molar-refractivity contribution >= 4 is 17.5 Å². The second kappa shape index (κ2) is 7.07. The average Bonchev–Trinajstić information content (AvgIpc) is 2.39. The van der Waals surface area contributed by atoms with E-state index < -0.39 is 0 Å². The second-order valence-electron chi connectivity index (χ2n) is 3.49. The van der Waals surface area contributed by atoms with Crippen LogP contribution in [0.1, 0.15) is 25.7 Å². The summed E-state index contributed by atoms with van der Waals surface area (Å²) in [4.78, 5) is 13.4. The highest BCUT2D eigenvalue weighted by Gasteiger charge is 2.15. The molecule has 0 saturated carbocycles. The van der Waals surface area contributed by atoms with Crippen LogP contribution >= 0.6 is 11.6 Å². The summed E-state index contributed by atoms with van der Waals surface area (Å²) in [6, 6.07) is 0. The molecule has 14 heavy (non-hydrogen) atoms. The van der Waals surface area contributed by atoms with E-state index in [1.807, 2.05) is 4.90 Å². The molecule has 0 aliphatic carbocycles. The summed E-state index contributed by atoms with van der Waals surface area (Å²) < 4.78 is 5.25. The van der Waals surface area contributed by atoms with Gasteiger partial charge in [-0.2, -0.15) is 0 Å². The zero-order chi connectivity index (χ0) is 10.2. The number of hydrogen-bond donors (Lipinski definition) is 0. The third kappa shape index (κ3) is 4.29. The van der Waals surface area contributed by atoms with Gasteiger partial charge >= 0.3 is 0 Å². The van der Waals surface area contributed by atoms with Gasteiger partial charge in [0, 0.05) is 25.4 Å². The number of rotatable bonds is 5. The Morgan fingerprint density at radius 3 is 2.93 bits per heavy atom. The van der Waals surface area contributed by atoms with E-state index in [1.54, 1.807) is 0 Å². The lowest BCUT2D eigenvalue weighted by Crippen LogP contribution is -2.33. The lowest BCUT2D eigenvalue weighted by Gasteiger charge is -2.20. The topological polar surface area (TPSA) is 29.5 Å². The van der Waals surface area contributed by atoms with Gasteiger partial charge in [-0.15, -0.1) is 11.6 Å². The standard InChI is InChI=1S/C10H18ClNO2/c11-5-8-14-9-7-12-6-3-1-2-4-10(12)13/h1-9H2. The van der Waals surface area contributed by atoms with Gasteiger partial charge in [-0.05, 0) is 12.8 Å². The zero-order valence-electron chi connectivity index (χ0n) is 8.51. The molecule has 0 unspecified atom stereocenters. The third-order valence-electron chi connectivity index (χ3n) is 2.40. The van der Waals surface area contributed by atoms with E-state index in [9.17, 15) is 4.79 Å². The molecule has 1 aliphatic rings. The molecule has 1 aliphatic heterocycles. The van der Waals surface area contributed by atoms with E-state index >= 15 is 0 Å². The fourth-order valence-electron chi connectivity index (χ4n) is 1.61.